The van der Waals surface area contributed by atoms with Crippen LogP contribution in [0.25, 0.3) is 0 Å². The van der Waals surface area contributed by atoms with E-state index in [1.54, 1.807) is 0 Å². The van der Waals surface area contributed by atoms with Crippen molar-refractivity contribution in [2.24, 2.45) is 0 Å². The van der Waals surface area contributed by atoms with Crippen molar-refractivity contribution in [1.82, 2.24) is 4.90 Å². The van der Waals surface area contributed by atoms with Crippen molar-refractivity contribution in [3.05, 3.63) is 23.8 Å². The third-order valence-electron chi connectivity index (χ3n) is 3.28. The number of ether oxygens (including phenoxy) is 2. The first-order valence-corrected chi connectivity index (χ1v) is 7.76. The molecule has 0 aliphatic carbocycles. The van der Waals surface area contributed by atoms with Gasteiger partial charge in [0, 0.05) is 19.6 Å². The molecule has 1 aromatic carbocycles. The zero-order valence-corrected chi connectivity index (χ0v) is 10.8. The molecule has 6 heteroatoms. The van der Waals surface area contributed by atoms with Crippen LogP contribution in [-0.2, 0) is 16.4 Å². The van der Waals surface area contributed by atoms with Gasteiger partial charge in [-0.1, -0.05) is 6.07 Å². The Morgan fingerprint density at radius 1 is 1.11 bits per heavy atom. The molecule has 0 atom stereocenters. The second-order valence-electron chi connectivity index (χ2n) is 4.62. The number of nitrogens with zero attached hydrogens (tertiary/aromatic N) is 1. The van der Waals surface area contributed by atoms with Crippen LogP contribution >= 0.6 is 0 Å². The molecule has 0 aromatic heterocycles. The van der Waals surface area contributed by atoms with E-state index >= 15 is 0 Å². The molecule has 0 unspecified atom stereocenters. The number of benzene rings is 1. The zero-order valence-electron chi connectivity index (χ0n) is 9.96. The minimum absolute atomic E-state index is 0.261. The molecule has 1 fully saturated rings. The molecule has 0 amide bonds. The lowest BCUT2D eigenvalue weighted by Gasteiger charge is -2.26. The molecule has 0 saturated carbocycles. The van der Waals surface area contributed by atoms with Crippen LogP contribution < -0.4 is 9.47 Å². The second-order valence-corrected chi connectivity index (χ2v) is 6.92. The topological polar surface area (TPSA) is 55.8 Å². The van der Waals surface area contributed by atoms with Crippen molar-refractivity contribution in [2.75, 3.05) is 31.4 Å². The lowest BCUT2D eigenvalue weighted by atomic mass is 10.2. The van der Waals surface area contributed by atoms with Crippen LogP contribution in [0, 0.1) is 0 Å². The Kier molecular flexibility index (Phi) is 2.91. The van der Waals surface area contributed by atoms with Gasteiger partial charge in [0.05, 0.1) is 11.5 Å². The van der Waals surface area contributed by atoms with Crippen molar-refractivity contribution in [1.29, 1.82) is 0 Å². The summed E-state index contributed by atoms with van der Waals surface area (Å²) in [6.07, 6.45) is 0. The largest absolute Gasteiger partial charge is 0.454 e. The Morgan fingerprint density at radius 2 is 1.83 bits per heavy atom. The fraction of sp³-hybridized carbons (Fsp3) is 0.500. The summed E-state index contributed by atoms with van der Waals surface area (Å²) < 4.78 is 33.3. The SMILES string of the molecule is O=S1(=O)CCN(Cc2ccc3c(c2)OCO3)CC1. The molecule has 3 rings (SSSR count). The summed E-state index contributed by atoms with van der Waals surface area (Å²) in [5.41, 5.74) is 1.12. The van der Waals surface area contributed by atoms with Crippen molar-refractivity contribution in [2.45, 2.75) is 6.54 Å². The highest BCUT2D eigenvalue weighted by atomic mass is 32.2. The monoisotopic (exact) mass is 269 g/mol. The molecular formula is C12H15NO4S. The Bertz CT molecular complexity index is 541. The molecule has 0 N–H and O–H groups in total. The third kappa shape index (κ3) is 2.44. The van der Waals surface area contributed by atoms with Crippen molar-refractivity contribution < 1.29 is 17.9 Å². The first-order valence-electron chi connectivity index (χ1n) is 5.94. The maximum absolute atomic E-state index is 11.3. The Hall–Kier alpha value is -1.27. The molecule has 0 radical (unpaired) electrons. The predicted molar refractivity (Wildman–Crippen MR) is 66.5 cm³/mol. The van der Waals surface area contributed by atoms with Crippen molar-refractivity contribution >= 4 is 9.84 Å². The fourth-order valence-corrected chi connectivity index (χ4v) is 3.48. The third-order valence-corrected chi connectivity index (χ3v) is 4.89. The number of hydrogen-bond donors (Lipinski definition) is 0. The van der Waals surface area contributed by atoms with E-state index in [1.807, 2.05) is 18.2 Å². The molecule has 0 spiro atoms. The normalized spacial score (nSPS) is 22.0. The van der Waals surface area contributed by atoms with E-state index in [2.05, 4.69) is 4.90 Å². The average molecular weight is 269 g/mol. The van der Waals surface area contributed by atoms with E-state index in [0.717, 1.165) is 23.6 Å². The quantitative estimate of drug-likeness (QED) is 0.789. The van der Waals surface area contributed by atoms with Crippen molar-refractivity contribution in [3.8, 4) is 11.5 Å². The molecule has 5 nitrogen and oxygen atoms in total. The summed E-state index contributed by atoms with van der Waals surface area (Å²) in [4.78, 5) is 2.15. The maximum atomic E-state index is 11.3. The molecule has 2 aliphatic rings. The highest BCUT2D eigenvalue weighted by Crippen LogP contribution is 2.32. The van der Waals surface area contributed by atoms with Crippen LogP contribution in [0.3, 0.4) is 0 Å². The highest BCUT2D eigenvalue weighted by molar-refractivity contribution is 7.91. The minimum atomic E-state index is -2.80. The Balaban J connectivity index is 1.67. The van der Waals surface area contributed by atoms with Gasteiger partial charge in [-0.05, 0) is 17.7 Å². The molecule has 2 aliphatic heterocycles. The van der Waals surface area contributed by atoms with E-state index in [4.69, 9.17) is 9.47 Å². The van der Waals surface area contributed by atoms with Gasteiger partial charge >= 0.3 is 0 Å². The number of rotatable bonds is 2. The average Bonchev–Trinajstić information content (AvgIpc) is 2.79. The van der Waals surface area contributed by atoms with Crippen LogP contribution in [-0.4, -0.2) is 44.7 Å². The second kappa shape index (κ2) is 4.44. The van der Waals surface area contributed by atoms with Crippen LogP contribution in [0.4, 0.5) is 0 Å². The van der Waals surface area contributed by atoms with Crippen molar-refractivity contribution in [3.63, 3.8) is 0 Å². The van der Waals surface area contributed by atoms with Gasteiger partial charge < -0.3 is 9.47 Å². The first-order chi connectivity index (χ1) is 8.62. The summed E-state index contributed by atoms with van der Waals surface area (Å²) in [6.45, 7) is 2.25. The molecular weight excluding hydrogens is 254 g/mol. The molecule has 1 aromatic rings. The maximum Gasteiger partial charge on any atom is 0.231 e. The molecule has 0 bridgehead atoms. The molecule has 1 saturated heterocycles. The number of fused-ring (bicyclic) bond motifs is 1. The number of hydrogen-bond acceptors (Lipinski definition) is 5. The summed E-state index contributed by atoms with van der Waals surface area (Å²) in [6, 6.07) is 5.86. The standard InChI is InChI=1S/C12H15NO4S/c14-18(15)5-3-13(4-6-18)8-10-1-2-11-12(7-10)17-9-16-11/h1-2,7H,3-6,8-9H2. The van der Waals surface area contributed by atoms with Crippen LogP contribution in [0.15, 0.2) is 18.2 Å². The van der Waals surface area contributed by atoms with Crippen LogP contribution in [0.1, 0.15) is 5.56 Å². The van der Waals surface area contributed by atoms with Gasteiger partial charge in [-0.2, -0.15) is 0 Å². The molecule has 18 heavy (non-hydrogen) atoms. The lowest BCUT2D eigenvalue weighted by Crippen LogP contribution is -2.39. The van der Waals surface area contributed by atoms with E-state index in [1.165, 1.54) is 0 Å². The van der Waals surface area contributed by atoms with Gasteiger partial charge in [0.15, 0.2) is 21.3 Å². The minimum Gasteiger partial charge on any atom is -0.454 e. The van der Waals surface area contributed by atoms with Gasteiger partial charge in [-0.3, -0.25) is 4.90 Å². The van der Waals surface area contributed by atoms with E-state index in [0.29, 0.717) is 13.1 Å². The van der Waals surface area contributed by atoms with Gasteiger partial charge in [-0.15, -0.1) is 0 Å². The smallest absolute Gasteiger partial charge is 0.231 e. The van der Waals surface area contributed by atoms with Gasteiger partial charge in [0.1, 0.15) is 0 Å². The summed E-state index contributed by atoms with van der Waals surface area (Å²) in [5.74, 6) is 2.08. The van der Waals surface area contributed by atoms with Gasteiger partial charge in [0.2, 0.25) is 6.79 Å². The Morgan fingerprint density at radius 3 is 2.61 bits per heavy atom. The summed E-state index contributed by atoms with van der Waals surface area (Å²) in [7, 11) is -2.80. The van der Waals surface area contributed by atoms with Gasteiger partial charge in [-0.25, -0.2) is 8.42 Å². The van der Waals surface area contributed by atoms with E-state index in [9.17, 15) is 8.42 Å². The lowest BCUT2D eigenvalue weighted by molar-refractivity contribution is 0.174. The predicted octanol–water partition coefficient (Wildman–Crippen LogP) is 0.646. The summed E-state index contributed by atoms with van der Waals surface area (Å²) in [5, 5.41) is 0. The van der Waals surface area contributed by atoms with E-state index in [-0.39, 0.29) is 18.3 Å². The number of sulfone groups is 1. The van der Waals surface area contributed by atoms with Crippen LogP contribution in [0.5, 0.6) is 11.5 Å². The zero-order chi connectivity index (χ0) is 12.6. The first kappa shape index (κ1) is 11.8. The molecule has 98 valence electrons. The van der Waals surface area contributed by atoms with E-state index < -0.39 is 9.84 Å². The Labute approximate surface area is 106 Å². The highest BCUT2D eigenvalue weighted by Gasteiger charge is 2.22. The van der Waals surface area contributed by atoms with Gasteiger partial charge in [0.25, 0.3) is 0 Å². The van der Waals surface area contributed by atoms with Crippen LogP contribution in [0.2, 0.25) is 0 Å². The fourth-order valence-electron chi connectivity index (χ4n) is 2.21. The molecule has 2 heterocycles. The summed E-state index contributed by atoms with van der Waals surface area (Å²) >= 11 is 0.